The van der Waals surface area contributed by atoms with Crippen LogP contribution in [0.15, 0.2) is 60.8 Å². The molecule has 4 rings (SSSR count). The van der Waals surface area contributed by atoms with Gasteiger partial charge in [0.1, 0.15) is 11.3 Å². The van der Waals surface area contributed by atoms with E-state index in [9.17, 15) is 13.2 Å². The number of nitrogen functional groups attached to an aromatic ring is 1. The summed E-state index contributed by atoms with van der Waals surface area (Å²) in [4.78, 5) is 8.61. The van der Waals surface area contributed by atoms with Crippen LogP contribution in [0.1, 0.15) is 5.56 Å². The number of para-hydroxylation sites is 1. The Morgan fingerprint density at radius 3 is 2.48 bits per heavy atom. The molecular formula is C19H13F3N4S. The third-order valence-corrected chi connectivity index (χ3v) is 4.85. The van der Waals surface area contributed by atoms with E-state index in [4.69, 9.17) is 5.73 Å². The molecule has 136 valence electrons. The lowest BCUT2D eigenvalue weighted by atomic mass is 10.0. The summed E-state index contributed by atoms with van der Waals surface area (Å²) in [6.07, 6.45) is -2.75. The molecule has 0 atom stereocenters. The fourth-order valence-corrected chi connectivity index (χ4v) is 3.50. The van der Waals surface area contributed by atoms with Crippen molar-refractivity contribution in [2.75, 3.05) is 11.1 Å². The molecule has 0 aliphatic heterocycles. The van der Waals surface area contributed by atoms with Crippen molar-refractivity contribution in [1.29, 1.82) is 0 Å². The minimum Gasteiger partial charge on any atom is -0.375 e. The highest BCUT2D eigenvalue weighted by Crippen LogP contribution is 2.33. The third-order valence-electron chi connectivity index (χ3n) is 4.00. The molecule has 2 heterocycles. The van der Waals surface area contributed by atoms with Crippen molar-refractivity contribution in [3.8, 4) is 11.1 Å². The molecule has 0 spiro atoms. The Labute approximate surface area is 156 Å². The number of nitrogens with zero attached hydrogens (tertiary/aromatic N) is 2. The molecule has 2 aromatic carbocycles. The van der Waals surface area contributed by atoms with Crippen molar-refractivity contribution in [2.45, 2.75) is 6.18 Å². The Bertz CT molecular complexity index is 1100. The summed E-state index contributed by atoms with van der Waals surface area (Å²) >= 11 is 1.39. The molecule has 27 heavy (non-hydrogen) atoms. The molecule has 0 radical (unpaired) electrons. The average molecular weight is 386 g/mol. The smallest absolute Gasteiger partial charge is 0.375 e. The molecule has 0 saturated carbocycles. The molecule has 0 unspecified atom stereocenters. The van der Waals surface area contributed by atoms with Crippen LogP contribution in [0.5, 0.6) is 0 Å². The van der Waals surface area contributed by atoms with Gasteiger partial charge in [-0.15, -0.1) is 0 Å². The number of benzene rings is 2. The standard InChI is InChI=1S/C19H13F3N4S/c20-19(21,22)13-6-4-11(5-7-13)12-8-9-24-16(10-12)25-14-2-1-3-15-17(14)26-18(23)27-15/h1-10H,(H2,23,26)(H,24,25). The number of alkyl halides is 3. The molecule has 0 saturated heterocycles. The largest absolute Gasteiger partial charge is 0.416 e. The van der Waals surface area contributed by atoms with Crippen LogP contribution in [0, 0.1) is 0 Å². The average Bonchev–Trinajstić information content (AvgIpc) is 3.03. The SMILES string of the molecule is Nc1nc2c(Nc3cc(-c4ccc(C(F)(F)F)cc4)ccn3)cccc2s1. The second-order valence-corrected chi connectivity index (χ2v) is 6.90. The molecular weight excluding hydrogens is 373 g/mol. The molecule has 4 nitrogen and oxygen atoms in total. The number of anilines is 3. The first kappa shape index (κ1) is 17.3. The first-order chi connectivity index (χ1) is 12.9. The topological polar surface area (TPSA) is 63.8 Å². The van der Waals surface area contributed by atoms with Crippen molar-refractivity contribution in [3.63, 3.8) is 0 Å². The minimum absolute atomic E-state index is 0.478. The van der Waals surface area contributed by atoms with E-state index in [0.717, 1.165) is 33.6 Å². The number of hydrogen-bond acceptors (Lipinski definition) is 5. The molecule has 0 fully saturated rings. The zero-order valence-corrected chi connectivity index (χ0v) is 14.6. The highest BCUT2D eigenvalue weighted by Gasteiger charge is 2.29. The van der Waals surface area contributed by atoms with E-state index >= 15 is 0 Å². The number of hydrogen-bond donors (Lipinski definition) is 2. The second kappa shape index (κ2) is 6.55. The summed E-state index contributed by atoms with van der Waals surface area (Å²) in [7, 11) is 0. The molecule has 0 bridgehead atoms. The summed E-state index contributed by atoms with van der Waals surface area (Å²) in [5.74, 6) is 0.562. The zero-order valence-electron chi connectivity index (χ0n) is 13.8. The number of fused-ring (bicyclic) bond motifs is 1. The number of pyridine rings is 1. The monoisotopic (exact) mass is 386 g/mol. The first-order valence-electron chi connectivity index (χ1n) is 7.96. The van der Waals surface area contributed by atoms with Crippen LogP contribution in [0.25, 0.3) is 21.3 Å². The number of nitrogens with two attached hydrogens (primary N) is 1. The van der Waals surface area contributed by atoms with Gasteiger partial charge in [-0.25, -0.2) is 9.97 Å². The zero-order chi connectivity index (χ0) is 19.0. The Balaban J connectivity index is 1.64. The predicted octanol–water partition coefficient (Wildman–Crippen LogP) is 5.70. The lowest BCUT2D eigenvalue weighted by Gasteiger charge is -2.10. The van der Waals surface area contributed by atoms with Crippen LogP contribution < -0.4 is 11.1 Å². The molecule has 0 aliphatic rings. The van der Waals surface area contributed by atoms with Gasteiger partial charge in [0, 0.05) is 6.20 Å². The molecule has 2 aromatic heterocycles. The summed E-state index contributed by atoms with van der Waals surface area (Å²) in [6.45, 7) is 0. The maximum absolute atomic E-state index is 12.7. The second-order valence-electron chi connectivity index (χ2n) is 5.83. The number of aromatic nitrogens is 2. The molecule has 4 aromatic rings. The number of rotatable bonds is 3. The number of halogens is 3. The lowest BCUT2D eigenvalue weighted by molar-refractivity contribution is -0.137. The summed E-state index contributed by atoms with van der Waals surface area (Å²) < 4.78 is 39.1. The van der Waals surface area contributed by atoms with E-state index in [1.54, 1.807) is 18.3 Å². The fourth-order valence-electron chi connectivity index (χ4n) is 2.73. The van der Waals surface area contributed by atoms with Gasteiger partial charge in [0.2, 0.25) is 0 Å². The van der Waals surface area contributed by atoms with E-state index in [-0.39, 0.29) is 0 Å². The van der Waals surface area contributed by atoms with Gasteiger partial charge in [0.05, 0.1) is 16.0 Å². The van der Waals surface area contributed by atoms with Gasteiger partial charge in [0.15, 0.2) is 5.13 Å². The van der Waals surface area contributed by atoms with Crippen LogP contribution in [0.4, 0.5) is 29.8 Å². The van der Waals surface area contributed by atoms with Crippen LogP contribution in [0.2, 0.25) is 0 Å². The highest BCUT2D eigenvalue weighted by molar-refractivity contribution is 7.22. The quantitative estimate of drug-likeness (QED) is 0.474. The van der Waals surface area contributed by atoms with Crippen LogP contribution in [0.3, 0.4) is 0 Å². The Kier molecular flexibility index (Phi) is 4.19. The van der Waals surface area contributed by atoms with E-state index in [0.29, 0.717) is 16.5 Å². The number of thiazole rings is 1. The Hall–Kier alpha value is -3.13. The van der Waals surface area contributed by atoms with Gasteiger partial charge in [-0.2, -0.15) is 13.2 Å². The van der Waals surface area contributed by atoms with Crippen molar-refractivity contribution < 1.29 is 13.2 Å². The van der Waals surface area contributed by atoms with Crippen molar-refractivity contribution in [2.24, 2.45) is 0 Å². The first-order valence-corrected chi connectivity index (χ1v) is 8.77. The fraction of sp³-hybridized carbons (Fsp3) is 0.0526. The Morgan fingerprint density at radius 2 is 1.74 bits per heavy atom. The number of nitrogens with one attached hydrogen (secondary N) is 1. The molecule has 8 heteroatoms. The van der Waals surface area contributed by atoms with Gasteiger partial charge in [0.25, 0.3) is 0 Å². The predicted molar refractivity (Wildman–Crippen MR) is 102 cm³/mol. The van der Waals surface area contributed by atoms with Gasteiger partial charge in [-0.1, -0.05) is 29.5 Å². The minimum atomic E-state index is -4.35. The van der Waals surface area contributed by atoms with Crippen LogP contribution >= 0.6 is 11.3 Å². The normalized spacial score (nSPS) is 11.7. The van der Waals surface area contributed by atoms with Crippen molar-refractivity contribution >= 4 is 38.2 Å². The lowest BCUT2D eigenvalue weighted by Crippen LogP contribution is -2.04. The van der Waals surface area contributed by atoms with E-state index in [1.807, 2.05) is 18.2 Å². The Morgan fingerprint density at radius 1 is 0.963 bits per heavy atom. The van der Waals surface area contributed by atoms with Crippen molar-refractivity contribution in [1.82, 2.24) is 9.97 Å². The van der Waals surface area contributed by atoms with E-state index in [2.05, 4.69) is 15.3 Å². The molecule has 0 aliphatic carbocycles. The third kappa shape index (κ3) is 3.56. The maximum Gasteiger partial charge on any atom is 0.416 e. The van der Waals surface area contributed by atoms with Gasteiger partial charge < -0.3 is 11.1 Å². The maximum atomic E-state index is 12.7. The summed E-state index contributed by atoms with van der Waals surface area (Å²) in [5.41, 5.74) is 8.04. The van der Waals surface area contributed by atoms with E-state index < -0.39 is 11.7 Å². The van der Waals surface area contributed by atoms with Crippen LogP contribution in [-0.4, -0.2) is 9.97 Å². The van der Waals surface area contributed by atoms with Crippen molar-refractivity contribution in [3.05, 3.63) is 66.4 Å². The summed E-state index contributed by atoms with van der Waals surface area (Å²) in [6, 6.07) is 14.2. The highest BCUT2D eigenvalue weighted by atomic mass is 32.1. The van der Waals surface area contributed by atoms with Gasteiger partial charge in [-0.05, 0) is 47.5 Å². The molecule has 0 amide bonds. The van der Waals surface area contributed by atoms with E-state index in [1.165, 1.54) is 23.5 Å². The van der Waals surface area contributed by atoms with Gasteiger partial charge in [-0.3, -0.25) is 0 Å². The van der Waals surface area contributed by atoms with Crippen LogP contribution in [-0.2, 0) is 6.18 Å². The molecule has 3 N–H and O–H groups in total. The van der Waals surface area contributed by atoms with Gasteiger partial charge >= 0.3 is 6.18 Å². The summed E-state index contributed by atoms with van der Waals surface area (Å²) in [5, 5.41) is 3.68.